The zero-order chi connectivity index (χ0) is 19.7. The second-order valence-corrected chi connectivity index (χ2v) is 6.35. The summed E-state index contributed by atoms with van der Waals surface area (Å²) >= 11 is 0. The van der Waals surface area contributed by atoms with Crippen molar-refractivity contribution in [2.75, 3.05) is 13.1 Å². The van der Waals surface area contributed by atoms with Crippen LogP contribution in [0.4, 0.5) is 0 Å². The van der Waals surface area contributed by atoms with Crippen LogP contribution < -0.4 is 11.2 Å². The van der Waals surface area contributed by atoms with Gasteiger partial charge in [0, 0.05) is 27.2 Å². The van der Waals surface area contributed by atoms with Crippen molar-refractivity contribution in [1.82, 2.24) is 23.6 Å². The van der Waals surface area contributed by atoms with Gasteiger partial charge in [-0.2, -0.15) is 0 Å². The normalized spacial score (nSPS) is 12.3. The summed E-state index contributed by atoms with van der Waals surface area (Å²) in [5.41, 5.74) is 0.318. The molecule has 0 aliphatic heterocycles. The van der Waals surface area contributed by atoms with E-state index in [9.17, 15) is 14.4 Å². The molecule has 27 heavy (non-hydrogen) atoms. The lowest BCUT2D eigenvalue weighted by atomic mass is 10.0. The standard InChI is InChI=1S/C19H23N5O3/c1-5-23(6-2)18(26)14(13-10-8-7-9-11-13)24-12-20-16-15(24)17(25)22(4)19(27)21(16)3/h7-12,14H,5-6H2,1-4H3/t14-/m0/s1. The molecule has 0 radical (unpaired) electrons. The summed E-state index contributed by atoms with van der Waals surface area (Å²) in [5.74, 6) is -0.124. The quantitative estimate of drug-likeness (QED) is 0.669. The van der Waals surface area contributed by atoms with Crippen molar-refractivity contribution in [3.05, 3.63) is 63.1 Å². The lowest BCUT2D eigenvalue weighted by Crippen LogP contribution is -2.40. The van der Waals surface area contributed by atoms with E-state index in [0.29, 0.717) is 13.1 Å². The number of carbonyl (C=O) groups is 1. The van der Waals surface area contributed by atoms with Crippen LogP contribution in [0.25, 0.3) is 11.2 Å². The number of hydrogen-bond donors (Lipinski definition) is 0. The SMILES string of the molecule is CCN(CC)C(=O)[C@H](c1ccccc1)n1cnc2c1c(=O)n(C)c(=O)n2C. The molecule has 1 amide bonds. The van der Waals surface area contributed by atoms with Gasteiger partial charge in [0.15, 0.2) is 11.2 Å². The highest BCUT2D eigenvalue weighted by molar-refractivity contribution is 5.86. The third kappa shape index (κ3) is 2.97. The smallest absolute Gasteiger partial charge is 0.332 e. The molecule has 0 bridgehead atoms. The fourth-order valence-corrected chi connectivity index (χ4v) is 3.33. The van der Waals surface area contributed by atoms with Crippen LogP contribution in [0.1, 0.15) is 25.5 Å². The topological polar surface area (TPSA) is 82.1 Å². The van der Waals surface area contributed by atoms with Crippen LogP contribution in [0.5, 0.6) is 0 Å². The van der Waals surface area contributed by atoms with E-state index in [1.165, 1.54) is 17.9 Å². The van der Waals surface area contributed by atoms with Crippen molar-refractivity contribution in [3.63, 3.8) is 0 Å². The van der Waals surface area contributed by atoms with Crippen molar-refractivity contribution >= 4 is 17.1 Å². The predicted molar refractivity (Wildman–Crippen MR) is 103 cm³/mol. The number of aromatic nitrogens is 4. The molecule has 142 valence electrons. The van der Waals surface area contributed by atoms with Crippen molar-refractivity contribution in [1.29, 1.82) is 0 Å². The molecular weight excluding hydrogens is 346 g/mol. The molecule has 0 aliphatic rings. The second-order valence-electron chi connectivity index (χ2n) is 6.35. The molecule has 3 rings (SSSR count). The first-order valence-corrected chi connectivity index (χ1v) is 8.88. The Kier molecular flexibility index (Phi) is 4.98. The Hall–Kier alpha value is -3.16. The lowest BCUT2D eigenvalue weighted by molar-refractivity contribution is -0.133. The molecule has 0 unspecified atom stereocenters. The highest BCUT2D eigenvalue weighted by Gasteiger charge is 2.29. The van der Waals surface area contributed by atoms with Crippen LogP contribution >= 0.6 is 0 Å². The zero-order valence-electron chi connectivity index (χ0n) is 15.9. The number of amides is 1. The Bertz CT molecular complexity index is 1090. The van der Waals surface area contributed by atoms with Crippen LogP contribution in [0.2, 0.25) is 0 Å². The number of benzene rings is 1. The van der Waals surface area contributed by atoms with Gasteiger partial charge >= 0.3 is 5.69 Å². The first-order chi connectivity index (χ1) is 12.9. The number of fused-ring (bicyclic) bond motifs is 1. The third-order valence-corrected chi connectivity index (χ3v) is 4.88. The van der Waals surface area contributed by atoms with Crippen LogP contribution in [0, 0.1) is 0 Å². The average Bonchev–Trinajstić information content (AvgIpc) is 3.11. The number of likely N-dealkylation sites (N-methyl/N-ethyl adjacent to an activating group) is 1. The highest BCUT2D eigenvalue weighted by atomic mass is 16.2. The Morgan fingerprint density at radius 1 is 1.07 bits per heavy atom. The molecule has 3 aromatic rings. The maximum atomic E-state index is 13.3. The van der Waals surface area contributed by atoms with E-state index in [1.807, 2.05) is 44.2 Å². The number of hydrogen-bond acceptors (Lipinski definition) is 4. The van der Waals surface area contributed by atoms with E-state index in [2.05, 4.69) is 4.98 Å². The Labute approximate surface area is 156 Å². The molecule has 1 aromatic carbocycles. The van der Waals surface area contributed by atoms with Crippen molar-refractivity contribution in [2.24, 2.45) is 14.1 Å². The molecule has 8 nitrogen and oxygen atoms in total. The Morgan fingerprint density at radius 2 is 1.70 bits per heavy atom. The minimum atomic E-state index is -0.735. The average molecular weight is 369 g/mol. The van der Waals surface area contributed by atoms with Gasteiger partial charge < -0.3 is 9.47 Å². The minimum absolute atomic E-state index is 0.124. The Balaban J connectivity index is 2.33. The molecule has 2 aromatic heterocycles. The number of aryl methyl sites for hydroxylation is 1. The molecule has 0 N–H and O–H groups in total. The molecule has 0 aliphatic carbocycles. The summed E-state index contributed by atoms with van der Waals surface area (Å²) < 4.78 is 3.93. The summed E-state index contributed by atoms with van der Waals surface area (Å²) in [5, 5.41) is 0. The van der Waals surface area contributed by atoms with E-state index < -0.39 is 17.3 Å². The molecule has 0 saturated carbocycles. The molecule has 8 heteroatoms. The van der Waals surface area contributed by atoms with Crippen molar-refractivity contribution < 1.29 is 4.79 Å². The Morgan fingerprint density at radius 3 is 2.30 bits per heavy atom. The van der Waals surface area contributed by atoms with Gasteiger partial charge in [-0.15, -0.1) is 0 Å². The number of rotatable bonds is 5. The monoisotopic (exact) mass is 369 g/mol. The molecule has 2 heterocycles. The summed E-state index contributed by atoms with van der Waals surface area (Å²) in [6, 6.07) is 8.54. The molecular formula is C19H23N5O3. The number of carbonyl (C=O) groups excluding carboxylic acids is 1. The van der Waals surface area contributed by atoms with Gasteiger partial charge in [0.2, 0.25) is 5.91 Å². The van der Waals surface area contributed by atoms with Gasteiger partial charge in [-0.3, -0.25) is 18.7 Å². The van der Waals surface area contributed by atoms with E-state index in [4.69, 9.17) is 0 Å². The van der Waals surface area contributed by atoms with Crippen LogP contribution in [0.15, 0.2) is 46.2 Å². The van der Waals surface area contributed by atoms with E-state index in [-0.39, 0.29) is 17.1 Å². The maximum Gasteiger partial charge on any atom is 0.332 e. The van der Waals surface area contributed by atoms with Gasteiger partial charge in [0.05, 0.1) is 6.33 Å². The van der Waals surface area contributed by atoms with Gasteiger partial charge in [0.25, 0.3) is 5.56 Å². The van der Waals surface area contributed by atoms with Gasteiger partial charge in [-0.05, 0) is 19.4 Å². The van der Waals surface area contributed by atoms with Crippen LogP contribution in [-0.2, 0) is 18.9 Å². The molecule has 0 spiro atoms. The molecule has 0 saturated heterocycles. The van der Waals surface area contributed by atoms with E-state index in [0.717, 1.165) is 10.1 Å². The van der Waals surface area contributed by atoms with Crippen molar-refractivity contribution in [3.8, 4) is 0 Å². The van der Waals surface area contributed by atoms with Gasteiger partial charge in [-0.1, -0.05) is 30.3 Å². The van der Waals surface area contributed by atoms with E-state index in [1.54, 1.807) is 16.5 Å². The van der Waals surface area contributed by atoms with Crippen LogP contribution in [0.3, 0.4) is 0 Å². The summed E-state index contributed by atoms with van der Waals surface area (Å²) in [7, 11) is 2.98. The third-order valence-electron chi connectivity index (χ3n) is 4.88. The largest absolute Gasteiger partial charge is 0.341 e. The number of imidazole rings is 1. The van der Waals surface area contributed by atoms with Crippen LogP contribution in [-0.4, -0.2) is 42.6 Å². The molecule has 0 fully saturated rings. The molecule has 1 atom stereocenters. The highest BCUT2D eigenvalue weighted by Crippen LogP contribution is 2.24. The number of nitrogens with zero attached hydrogens (tertiary/aromatic N) is 5. The fourth-order valence-electron chi connectivity index (χ4n) is 3.33. The van der Waals surface area contributed by atoms with Gasteiger partial charge in [0.1, 0.15) is 6.04 Å². The second kappa shape index (κ2) is 7.22. The lowest BCUT2D eigenvalue weighted by Gasteiger charge is -2.26. The van der Waals surface area contributed by atoms with Gasteiger partial charge in [-0.25, -0.2) is 9.78 Å². The minimum Gasteiger partial charge on any atom is -0.341 e. The first-order valence-electron chi connectivity index (χ1n) is 8.88. The van der Waals surface area contributed by atoms with E-state index >= 15 is 0 Å². The zero-order valence-corrected chi connectivity index (χ0v) is 15.9. The van der Waals surface area contributed by atoms with Crippen molar-refractivity contribution in [2.45, 2.75) is 19.9 Å². The summed E-state index contributed by atoms with van der Waals surface area (Å²) in [4.78, 5) is 44.3. The first kappa shape index (κ1) is 18.6. The summed E-state index contributed by atoms with van der Waals surface area (Å²) in [6.07, 6.45) is 1.46. The summed E-state index contributed by atoms with van der Waals surface area (Å²) in [6.45, 7) is 4.94. The maximum absolute atomic E-state index is 13.3. The fraction of sp³-hybridized carbons (Fsp3) is 0.368. The predicted octanol–water partition coefficient (Wildman–Crippen LogP) is 0.891.